The van der Waals surface area contributed by atoms with Crippen molar-refractivity contribution in [2.24, 2.45) is 0 Å². The van der Waals surface area contributed by atoms with E-state index in [4.69, 9.17) is 17.2 Å². The van der Waals surface area contributed by atoms with Crippen LogP contribution in [0.15, 0.2) is 24.3 Å². The number of hydrogen-bond acceptors (Lipinski definition) is 3. The summed E-state index contributed by atoms with van der Waals surface area (Å²) in [7, 11) is 0. The predicted octanol–water partition coefficient (Wildman–Crippen LogP) is 5.39. The maximum atomic E-state index is 5.42. The fourth-order valence-electron chi connectivity index (χ4n) is 3.03. The Labute approximate surface area is 178 Å². The van der Waals surface area contributed by atoms with Gasteiger partial charge < -0.3 is 16.0 Å². The van der Waals surface area contributed by atoms with Crippen LogP contribution in [-0.2, 0) is 12.8 Å². The highest BCUT2D eigenvalue weighted by Gasteiger charge is 2.11. The van der Waals surface area contributed by atoms with Crippen molar-refractivity contribution >= 4 is 23.1 Å². The minimum absolute atomic E-state index is 0.496. The van der Waals surface area contributed by atoms with E-state index in [2.05, 4.69) is 55.4 Å². The van der Waals surface area contributed by atoms with E-state index in [-0.39, 0.29) is 0 Å². The summed E-state index contributed by atoms with van der Waals surface area (Å²) < 4.78 is 0. The number of hydrogen-bond donors (Lipinski definition) is 3. The molecule has 0 atom stereocenters. The van der Waals surface area contributed by atoms with Gasteiger partial charge in [-0.3, -0.25) is 0 Å². The van der Waals surface area contributed by atoms with Crippen molar-refractivity contribution < 1.29 is 0 Å². The summed E-state index contributed by atoms with van der Waals surface area (Å²) in [5.41, 5.74) is 3.71. The van der Waals surface area contributed by atoms with Crippen molar-refractivity contribution in [2.75, 3.05) is 18.4 Å². The second-order valence-corrected chi connectivity index (χ2v) is 7.98. The lowest BCUT2D eigenvalue weighted by atomic mass is 10.1. The highest BCUT2D eigenvalue weighted by atomic mass is 32.1. The normalized spacial score (nSPS) is 12.3. The van der Waals surface area contributed by atoms with Gasteiger partial charge in [-0.1, -0.05) is 45.3 Å². The summed E-state index contributed by atoms with van der Waals surface area (Å²) in [6, 6.07) is 4.84. The molecular formula is C23H40N4S. The largest absolute Gasteiger partial charge is 0.370 e. The zero-order chi connectivity index (χ0) is 20.8. The van der Waals surface area contributed by atoms with Gasteiger partial charge in [-0.15, -0.1) is 6.58 Å². The topological polar surface area (TPSA) is 49.0 Å². The number of aryl methyl sites for hydroxylation is 1. The zero-order valence-corrected chi connectivity index (χ0v) is 19.2. The molecule has 1 aliphatic heterocycles. The quantitative estimate of drug-likeness (QED) is 0.381. The van der Waals surface area contributed by atoms with Gasteiger partial charge in [0, 0.05) is 31.2 Å². The molecule has 0 unspecified atom stereocenters. The summed E-state index contributed by atoms with van der Waals surface area (Å²) in [4.78, 5) is 4.72. The van der Waals surface area contributed by atoms with Gasteiger partial charge in [0.25, 0.3) is 0 Å². The van der Waals surface area contributed by atoms with Gasteiger partial charge in [-0.25, -0.2) is 4.98 Å². The molecule has 2 heterocycles. The van der Waals surface area contributed by atoms with E-state index >= 15 is 0 Å². The number of nitrogens with one attached hydrogen (secondary N) is 3. The van der Waals surface area contributed by atoms with Crippen LogP contribution in [0, 0.1) is 0 Å². The van der Waals surface area contributed by atoms with Crippen LogP contribution in [0.25, 0.3) is 0 Å². The molecule has 0 fully saturated rings. The Morgan fingerprint density at radius 1 is 1.25 bits per heavy atom. The molecular weight excluding hydrogens is 364 g/mol. The standard InChI is InChI=1S/C18H30N4S.C5H10/c1-3-6-15(7-4-2)22-18(23)20-13-11-16-10-9-14-8-5-12-19-17(14)21-16;1-4-5(2)3/h9-10,15H,3-8,11-13H2,1-2H3,(H,19,21)(H2,20,22,23);2,4H2,1,3H3. The van der Waals surface area contributed by atoms with E-state index in [9.17, 15) is 0 Å². The van der Waals surface area contributed by atoms with E-state index in [0.29, 0.717) is 6.04 Å². The molecule has 0 aromatic carbocycles. The monoisotopic (exact) mass is 404 g/mol. The Morgan fingerprint density at radius 3 is 2.54 bits per heavy atom. The van der Waals surface area contributed by atoms with Gasteiger partial charge in [0.2, 0.25) is 0 Å². The van der Waals surface area contributed by atoms with Gasteiger partial charge in [-0.05, 0) is 62.9 Å². The van der Waals surface area contributed by atoms with Gasteiger partial charge in [-0.2, -0.15) is 0 Å². The molecule has 4 nitrogen and oxygen atoms in total. The summed E-state index contributed by atoms with van der Waals surface area (Å²) in [6.07, 6.45) is 9.06. The second-order valence-electron chi connectivity index (χ2n) is 7.58. The van der Waals surface area contributed by atoms with Crippen molar-refractivity contribution in [3.63, 3.8) is 0 Å². The number of pyridine rings is 1. The van der Waals surface area contributed by atoms with Crippen LogP contribution in [0.5, 0.6) is 0 Å². The van der Waals surface area contributed by atoms with Gasteiger partial charge >= 0.3 is 0 Å². The van der Waals surface area contributed by atoms with Crippen LogP contribution in [0.3, 0.4) is 0 Å². The minimum atomic E-state index is 0.496. The Balaban J connectivity index is 0.000000696. The third-order valence-corrected chi connectivity index (χ3v) is 5.09. The fourth-order valence-corrected chi connectivity index (χ4v) is 3.30. The van der Waals surface area contributed by atoms with E-state index in [0.717, 1.165) is 49.0 Å². The van der Waals surface area contributed by atoms with Crippen LogP contribution in [0.1, 0.15) is 77.5 Å². The molecule has 28 heavy (non-hydrogen) atoms. The Bertz CT molecular complexity index is 594. The maximum absolute atomic E-state index is 5.42. The first-order valence-corrected chi connectivity index (χ1v) is 11.3. The maximum Gasteiger partial charge on any atom is 0.166 e. The molecule has 1 aromatic rings. The van der Waals surface area contributed by atoms with E-state index in [1.165, 1.54) is 43.2 Å². The molecule has 5 heteroatoms. The lowest BCUT2D eigenvalue weighted by Gasteiger charge is -2.20. The highest BCUT2D eigenvalue weighted by Crippen LogP contribution is 2.19. The number of allylic oxidation sites excluding steroid dienone is 1. The van der Waals surface area contributed by atoms with Crippen LogP contribution in [-0.4, -0.2) is 29.2 Å². The number of rotatable bonds is 9. The molecule has 0 radical (unpaired) electrons. The average molecular weight is 405 g/mol. The van der Waals surface area contributed by atoms with Crippen molar-refractivity contribution in [2.45, 2.75) is 85.1 Å². The SMILES string of the molecule is C=C(C)CC.CCCC(CCC)NC(=S)NCCc1ccc2c(n1)NCCC2. The third-order valence-electron chi connectivity index (χ3n) is 4.83. The average Bonchev–Trinajstić information content (AvgIpc) is 2.68. The molecule has 1 aromatic heterocycles. The minimum Gasteiger partial charge on any atom is -0.370 e. The van der Waals surface area contributed by atoms with Gasteiger partial charge in [0.15, 0.2) is 5.11 Å². The Hall–Kier alpha value is -1.62. The Morgan fingerprint density at radius 2 is 1.93 bits per heavy atom. The highest BCUT2D eigenvalue weighted by molar-refractivity contribution is 7.80. The van der Waals surface area contributed by atoms with Crippen molar-refractivity contribution in [1.29, 1.82) is 0 Å². The molecule has 158 valence electrons. The molecule has 0 bridgehead atoms. The lowest BCUT2D eigenvalue weighted by molar-refractivity contribution is 0.506. The van der Waals surface area contributed by atoms with Gasteiger partial charge in [0.1, 0.15) is 5.82 Å². The first-order chi connectivity index (χ1) is 13.5. The molecule has 3 N–H and O–H groups in total. The van der Waals surface area contributed by atoms with Crippen LogP contribution >= 0.6 is 12.2 Å². The van der Waals surface area contributed by atoms with Crippen LogP contribution < -0.4 is 16.0 Å². The number of anilines is 1. The Kier molecular flexibility index (Phi) is 12.5. The summed E-state index contributed by atoms with van der Waals surface area (Å²) in [5, 5.41) is 10.9. The lowest BCUT2D eigenvalue weighted by Crippen LogP contribution is -2.42. The zero-order valence-electron chi connectivity index (χ0n) is 18.4. The first-order valence-electron chi connectivity index (χ1n) is 10.9. The molecule has 0 spiro atoms. The summed E-state index contributed by atoms with van der Waals surface area (Å²) in [6.45, 7) is 14.1. The van der Waals surface area contributed by atoms with Gasteiger partial charge in [0.05, 0.1) is 0 Å². The molecule has 2 rings (SSSR count). The molecule has 0 amide bonds. The smallest absolute Gasteiger partial charge is 0.166 e. The van der Waals surface area contributed by atoms with E-state index < -0.39 is 0 Å². The molecule has 1 aliphatic rings. The van der Waals surface area contributed by atoms with Crippen LogP contribution in [0.2, 0.25) is 0 Å². The van der Waals surface area contributed by atoms with Crippen molar-refractivity contribution in [3.05, 3.63) is 35.5 Å². The second kappa shape index (κ2) is 14.4. The van der Waals surface area contributed by atoms with Crippen molar-refractivity contribution in [1.82, 2.24) is 15.6 Å². The summed E-state index contributed by atoms with van der Waals surface area (Å²) in [5.74, 6) is 1.07. The number of aromatic nitrogens is 1. The predicted molar refractivity (Wildman–Crippen MR) is 127 cm³/mol. The van der Waals surface area contributed by atoms with Crippen molar-refractivity contribution in [3.8, 4) is 0 Å². The third kappa shape index (κ3) is 10.1. The number of fused-ring (bicyclic) bond motifs is 1. The van der Waals surface area contributed by atoms with Crippen LogP contribution in [0.4, 0.5) is 5.82 Å². The fraction of sp³-hybridized carbons (Fsp3) is 0.652. The number of nitrogens with zero attached hydrogens (tertiary/aromatic N) is 1. The number of thiocarbonyl (C=S) groups is 1. The summed E-state index contributed by atoms with van der Waals surface area (Å²) >= 11 is 5.42. The molecule has 0 saturated heterocycles. The first kappa shape index (κ1) is 24.4. The molecule has 0 aliphatic carbocycles. The van der Waals surface area contributed by atoms with E-state index in [1.54, 1.807) is 0 Å². The molecule has 0 saturated carbocycles. The van der Waals surface area contributed by atoms with E-state index in [1.807, 2.05) is 6.92 Å².